The Balaban J connectivity index is 1.79. The molecule has 0 aromatic carbocycles. The van der Waals surface area contributed by atoms with Crippen LogP contribution >= 0.6 is 0 Å². The van der Waals surface area contributed by atoms with Gasteiger partial charge in [-0.1, -0.05) is 0 Å². The van der Waals surface area contributed by atoms with E-state index in [2.05, 4.69) is 20.8 Å². The average Bonchev–Trinajstić information content (AvgIpc) is 2.04. The lowest BCUT2D eigenvalue weighted by atomic mass is 10.2. The van der Waals surface area contributed by atoms with Crippen LogP contribution in [0.2, 0.25) is 0 Å². The van der Waals surface area contributed by atoms with Gasteiger partial charge in [0, 0.05) is 31.9 Å². The van der Waals surface area contributed by atoms with Crippen LogP contribution in [-0.4, -0.2) is 29.3 Å². The maximum atomic E-state index is 3.98. The number of nitrogens with one attached hydrogen (secondary N) is 2. The van der Waals surface area contributed by atoms with Gasteiger partial charge in [-0.2, -0.15) is 10.2 Å². The Labute approximate surface area is 71.4 Å². The summed E-state index contributed by atoms with van der Waals surface area (Å²) in [5.41, 5.74) is 1.00. The molecule has 0 bridgehead atoms. The Hall–Kier alpha value is -1.00. The van der Waals surface area contributed by atoms with E-state index >= 15 is 0 Å². The predicted molar refractivity (Wildman–Crippen MR) is 45.5 cm³/mol. The van der Waals surface area contributed by atoms with Gasteiger partial charge in [-0.15, -0.1) is 0 Å². The molecule has 2 N–H and O–H groups in total. The molecular formula is C8H12N4. The van der Waals surface area contributed by atoms with Gasteiger partial charge in [0.15, 0.2) is 0 Å². The van der Waals surface area contributed by atoms with Crippen LogP contribution in [0.15, 0.2) is 18.3 Å². The third-order valence-corrected chi connectivity index (χ3v) is 1.98. The lowest BCUT2D eigenvalue weighted by Crippen LogP contribution is -2.55. The van der Waals surface area contributed by atoms with Crippen molar-refractivity contribution in [1.29, 1.82) is 0 Å². The standard InChI is InChI=1S/C8H12N4/c1-2-7(12-11-3-1)6-10-8-4-9-5-8/h1-3,8-10H,4-6H2. The molecule has 0 saturated carbocycles. The van der Waals surface area contributed by atoms with Crippen molar-refractivity contribution >= 4 is 0 Å². The second-order valence-corrected chi connectivity index (χ2v) is 2.95. The van der Waals surface area contributed by atoms with Gasteiger partial charge in [0.05, 0.1) is 5.69 Å². The molecular weight excluding hydrogens is 152 g/mol. The fraction of sp³-hybridized carbons (Fsp3) is 0.500. The Kier molecular flexibility index (Phi) is 2.29. The zero-order chi connectivity index (χ0) is 8.23. The Morgan fingerprint density at radius 1 is 1.58 bits per heavy atom. The summed E-state index contributed by atoms with van der Waals surface area (Å²) in [5.74, 6) is 0. The van der Waals surface area contributed by atoms with Crippen LogP contribution in [0.25, 0.3) is 0 Å². The number of nitrogens with zero attached hydrogens (tertiary/aromatic N) is 2. The largest absolute Gasteiger partial charge is 0.314 e. The molecule has 1 aromatic rings. The maximum Gasteiger partial charge on any atom is 0.0769 e. The summed E-state index contributed by atoms with van der Waals surface area (Å²) >= 11 is 0. The number of rotatable bonds is 3. The molecule has 12 heavy (non-hydrogen) atoms. The normalized spacial score (nSPS) is 17.3. The minimum absolute atomic E-state index is 0.618. The summed E-state index contributed by atoms with van der Waals surface area (Å²) in [7, 11) is 0. The van der Waals surface area contributed by atoms with Crippen molar-refractivity contribution in [3.63, 3.8) is 0 Å². The third-order valence-electron chi connectivity index (χ3n) is 1.98. The summed E-state index contributed by atoms with van der Waals surface area (Å²) < 4.78 is 0. The molecule has 0 spiro atoms. The van der Waals surface area contributed by atoms with E-state index in [0.717, 1.165) is 25.3 Å². The van der Waals surface area contributed by atoms with Crippen molar-refractivity contribution in [2.45, 2.75) is 12.6 Å². The fourth-order valence-corrected chi connectivity index (χ4v) is 1.11. The molecule has 1 aromatic heterocycles. The Bertz CT molecular complexity index is 232. The molecule has 64 valence electrons. The van der Waals surface area contributed by atoms with Gasteiger partial charge in [-0.05, 0) is 12.1 Å². The average molecular weight is 164 g/mol. The van der Waals surface area contributed by atoms with Gasteiger partial charge in [-0.3, -0.25) is 0 Å². The highest BCUT2D eigenvalue weighted by atomic mass is 15.1. The van der Waals surface area contributed by atoms with Crippen molar-refractivity contribution in [1.82, 2.24) is 20.8 Å². The highest BCUT2D eigenvalue weighted by molar-refractivity contribution is 4.99. The van der Waals surface area contributed by atoms with Crippen LogP contribution in [0.3, 0.4) is 0 Å². The van der Waals surface area contributed by atoms with Gasteiger partial charge < -0.3 is 10.6 Å². The van der Waals surface area contributed by atoms with E-state index in [1.807, 2.05) is 12.1 Å². The second kappa shape index (κ2) is 3.60. The van der Waals surface area contributed by atoms with Gasteiger partial charge in [0.25, 0.3) is 0 Å². The minimum atomic E-state index is 0.618. The van der Waals surface area contributed by atoms with Crippen LogP contribution in [0.5, 0.6) is 0 Å². The summed E-state index contributed by atoms with van der Waals surface area (Å²) in [5, 5.41) is 14.3. The van der Waals surface area contributed by atoms with E-state index in [1.165, 1.54) is 0 Å². The first-order valence-electron chi connectivity index (χ1n) is 4.16. The lowest BCUT2D eigenvalue weighted by Gasteiger charge is -2.27. The van der Waals surface area contributed by atoms with Gasteiger partial charge >= 0.3 is 0 Å². The number of hydrogen-bond donors (Lipinski definition) is 2. The van der Waals surface area contributed by atoms with Crippen molar-refractivity contribution in [3.8, 4) is 0 Å². The molecule has 1 aliphatic rings. The van der Waals surface area contributed by atoms with E-state index in [4.69, 9.17) is 0 Å². The van der Waals surface area contributed by atoms with Gasteiger partial charge in [0.2, 0.25) is 0 Å². The van der Waals surface area contributed by atoms with E-state index < -0.39 is 0 Å². The molecule has 4 nitrogen and oxygen atoms in total. The van der Waals surface area contributed by atoms with Crippen molar-refractivity contribution in [2.24, 2.45) is 0 Å². The number of aromatic nitrogens is 2. The van der Waals surface area contributed by atoms with E-state index in [0.29, 0.717) is 6.04 Å². The minimum Gasteiger partial charge on any atom is -0.314 e. The topological polar surface area (TPSA) is 49.8 Å². The zero-order valence-electron chi connectivity index (χ0n) is 6.83. The SMILES string of the molecule is c1cnnc(CNC2CNC2)c1. The van der Waals surface area contributed by atoms with Crippen LogP contribution in [0.4, 0.5) is 0 Å². The second-order valence-electron chi connectivity index (χ2n) is 2.95. The van der Waals surface area contributed by atoms with Crippen LogP contribution in [-0.2, 0) is 6.54 Å². The Morgan fingerprint density at radius 3 is 3.08 bits per heavy atom. The molecule has 1 fully saturated rings. The summed E-state index contributed by atoms with van der Waals surface area (Å²) in [6.07, 6.45) is 1.69. The van der Waals surface area contributed by atoms with Crippen molar-refractivity contribution < 1.29 is 0 Å². The first-order chi connectivity index (χ1) is 5.95. The van der Waals surface area contributed by atoms with E-state index in [9.17, 15) is 0 Å². The van der Waals surface area contributed by atoms with Crippen molar-refractivity contribution in [3.05, 3.63) is 24.0 Å². The molecule has 1 aliphatic heterocycles. The molecule has 2 rings (SSSR count). The van der Waals surface area contributed by atoms with Crippen LogP contribution in [0, 0.1) is 0 Å². The highest BCUT2D eigenvalue weighted by Gasteiger charge is 2.15. The molecule has 4 heteroatoms. The molecule has 0 radical (unpaired) electrons. The molecule has 0 aliphatic carbocycles. The van der Waals surface area contributed by atoms with E-state index in [-0.39, 0.29) is 0 Å². The molecule has 0 amide bonds. The molecule has 2 heterocycles. The smallest absolute Gasteiger partial charge is 0.0769 e. The summed E-state index contributed by atoms with van der Waals surface area (Å²) in [6.45, 7) is 2.96. The van der Waals surface area contributed by atoms with Crippen LogP contribution in [0.1, 0.15) is 5.69 Å². The Morgan fingerprint density at radius 2 is 2.50 bits per heavy atom. The quantitative estimate of drug-likeness (QED) is 0.634. The monoisotopic (exact) mass is 164 g/mol. The molecule has 1 saturated heterocycles. The fourth-order valence-electron chi connectivity index (χ4n) is 1.11. The van der Waals surface area contributed by atoms with Gasteiger partial charge in [0.1, 0.15) is 0 Å². The highest BCUT2D eigenvalue weighted by Crippen LogP contribution is 1.94. The zero-order valence-corrected chi connectivity index (χ0v) is 6.83. The van der Waals surface area contributed by atoms with Crippen molar-refractivity contribution in [2.75, 3.05) is 13.1 Å². The van der Waals surface area contributed by atoms with E-state index in [1.54, 1.807) is 6.20 Å². The van der Waals surface area contributed by atoms with Gasteiger partial charge in [-0.25, -0.2) is 0 Å². The first-order valence-corrected chi connectivity index (χ1v) is 4.16. The molecule has 0 atom stereocenters. The third kappa shape index (κ3) is 1.78. The van der Waals surface area contributed by atoms with Crippen LogP contribution < -0.4 is 10.6 Å². The summed E-state index contributed by atoms with van der Waals surface area (Å²) in [6, 6.07) is 4.50. The maximum absolute atomic E-state index is 3.98. The summed E-state index contributed by atoms with van der Waals surface area (Å²) in [4.78, 5) is 0. The molecule has 0 unspecified atom stereocenters. The number of hydrogen-bond acceptors (Lipinski definition) is 4. The lowest BCUT2D eigenvalue weighted by molar-refractivity contribution is 0.363. The first kappa shape index (κ1) is 7.64. The predicted octanol–water partition coefficient (Wildman–Crippen LogP) is -0.462.